The number of amides is 1. The van der Waals surface area contributed by atoms with Crippen LogP contribution in [-0.4, -0.2) is 34.0 Å². The summed E-state index contributed by atoms with van der Waals surface area (Å²) in [5.74, 6) is 0.560. The van der Waals surface area contributed by atoms with Gasteiger partial charge in [-0.05, 0) is 24.5 Å². The highest BCUT2D eigenvalue weighted by atomic mass is 32.2. The molecule has 1 aromatic heterocycles. The van der Waals surface area contributed by atoms with E-state index in [9.17, 15) is 4.79 Å². The summed E-state index contributed by atoms with van der Waals surface area (Å²) in [4.78, 5) is 22.7. The van der Waals surface area contributed by atoms with E-state index in [2.05, 4.69) is 20.2 Å². The number of pyridine rings is 1. The van der Waals surface area contributed by atoms with Crippen molar-refractivity contribution in [1.29, 1.82) is 0 Å². The molecule has 6 heteroatoms. The topological polar surface area (TPSA) is 57.6 Å². The number of carbonyl (C=O) groups excluding carboxylic acids is 1. The summed E-state index contributed by atoms with van der Waals surface area (Å²) < 4.78 is 0. The number of thioether (sulfide) groups is 1. The Morgan fingerprint density at radius 3 is 3.26 bits per heavy atom. The first-order chi connectivity index (χ1) is 9.22. The molecule has 1 amide bonds. The largest absolute Gasteiger partial charge is 0.322 e. The minimum Gasteiger partial charge on any atom is -0.322 e. The van der Waals surface area contributed by atoms with Gasteiger partial charge in [0.2, 0.25) is 5.91 Å². The first kappa shape index (κ1) is 12.2. The highest BCUT2D eigenvalue weighted by Crippen LogP contribution is 2.30. The van der Waals surface area contributed by atoms with Gasteiger partial charge in [0.15, 0.2) is 5.17 Å². The molecule has 0 saturated heterocycles. The maximum absolute atomic E-state index is 12.0. The minimum absolute atomic E-state index is 0.0434. The molecule has 0 radical (unpaired) electrons. The summed E-state index contributed by atoms with van der Waals surface area (Å²) >= 11 is 1.59. The lowest BCUT2D eigenvalue weighted by molar-refractivity contribution is -0.115. The number of aliphatic imine (C=N–C) groups is 1. The normalized spacial score (nSPS) is 17.0. The van der Waals surface area contributed by atoms with Crippen molar-refractivity contribution in [3.63, 3.8) is 0 Å². The zero-order valence-electron chi connectivity index (χ0n) is 10.6. The van der Waals surface area contributed by atoms with E-state index in [1.165, 1.54) is 0 Å². The van der Waals surface area contributed by atoms with Crippen molar-refractivity contribution in [3.05, 3.63) is 35.0 Å². The molecule has 3 heterocycles. The summed E-state index contributed by atoms with van der Waals surface area (Å²) in [7, 11) is 0. The number of carbonyl (C=O) groups is 1. The van der Waals surface area contributed by atoms with Crippen LogP contribution >= 0.6 is 11.8 Å². The van der Waals surface area contributed by atoms with Gasteiger partial charge in [0.1, 0.15) is 5.82 Å². The summed E-state index contributed by atoms with van der Waals surface area (Å²) in [5.41, 5.74) is 1.91. The first-order valence-corrected chi connectivity index (χ1v) is 7.01. The molecule has 0 aliphatic carbocycles. The standard InChI is InChI=1S/C13H14N4OS/c1-9-3-2-4-11(15-9)16-12(18)7-10-8-19-13-14-5-6-17(10)13/h2-4,8H,5-7H2,1H3,(H,15,16,18). The third-order valence-electron chi connectivity index (χ3n) is 2.95. The second kappa shape index (κ2) is 5.05. The van der Waals surface area contributed by atoms with Gasteiger partial charge < -0.3 is 10.2 Å². The van der Waals surface area contributed by atoms with Crippen LogP contribution in [0.5, 0.6) is 0 Å². The van der Waals surface area contributed by atoms with Crippen molar-refractivity contribution in [1.82, 2.24) is 9.88 Å². The SMILES string of the molecule is Cc1cccc(NC(=O)CC2=CSC3=NCCN23)n1. The van der Waals surface area contributed by atoms with Crippen LogP contribution in [0.4, 0.5) is 5.82 Å². The number of aryl methyl sites for hydroxylation is 1. The average molecular weight is 274 g/mol. The molecule has 0 saturated carbocycles. The van der Waals surface area contributed by atoms with Gasteiger partial charge in [-0.25, -0.2) is 4.98 Å². The molecule has 98 valence electrons. The van der Waals surface area contributed by atoms with Gasteiger partial charge in [-0.3, -0.25) is 9.79 Å². The Kier molecular flexibility index (Phi) is 3.25. The van der Waals surface area contributed by atoms with Crippen molar-refractivity contribution in [3.8, 4) is 0 Å². The van der Waals surface area contributed by atoms with Crippen LogP contribution in [0.25, 0.3) is 0 Å². The Bertz CT molecular complexity index is 582. The number of fused-ring (bicyclic) bond motifs is 1. The van der Waals surface area contributed by atoms with Crippen molar-refractivity contribution >= 4 is 28.7 Å². The summed E-state index contributed by atoms with van der Waals surface area (Å²) in [6.07, 6.45) is 0.363. The van der Waals surface area contributed by atoms with E-state index < -0.39 is 0 Å². The van der Waals surface area contributed by atoms with E-state index in [4.69, 9.17) is 0 Å². The molecule has 0 bridgehead atoms. The molecule has 0 unspecified atom stereocenters. The quantitative estimate of drug-likeness (QED) is 0.915. The van der Waals surface area contributed by atoms with E-state index in [1.54, 1.807) is 17.8 Å². The third kappa shape index (κ3) is 2.63. The zero-order chi connectivity index (χ0) is 13.2. The number of hydrogen-bond acceptors (Lipinski definition) is 5. The predicted molar refractivity (Wildman–Crippen MR) is 76.9 cm³/mol. The van der Waals surface area contributed by atoms with Crippen LogP contribution < -0.4 is 5.32 Å². The molecule has 1 N–H and O–H groups in total. The number of rotatable bonds is 3. The minimum atomic E-state index is -0.0434. The van der Waals surface area contributed by atoms with Crippen LogP contribution in [0, 0.1) is 6.92 Å². The summed E-state index contributed by atoms with van der Waals surface area (Å²) in [6.45, 7) is 3.60. The van der Waals surface area contributed by atoms with E-state index in [0.29, 0.717) is 12.2 Å². The molecule has 1 aromatic rings. The van der Waals surface area contributed by atoms with Gasteiger partial charge in [-0.15, -0.1) is 0 Å². The molecule has 2 aliphatic heterocycles. The second-order valence-electron chi connectivity index (χ2n) is 4.43. The van der Waals surface area contributed by atoms with Crippen molar-refractivity contribution in [2.45, 2.75) is 13.3 Å². The maximum Gasteiger partial charge on any atom is 0.231 e. The van der Waals surface area contributed by atoms with Gasteiger partial charge in [0.05, 0.1) is 13.0 Å². The highest BCUT2D eigenvalue weighted by Gasteiger charge is 2.27. The number of aromatic nitrogens is 1. The van der Waals surface area contributed by atoms with E-state index in [0.717, 1.165) is 29.6 Å². The van der Waals surface area contributed by atoms with E-state index >= 15 is 0 Å². The van der Waals surface area contributed by atoms with Crippen LogP contribution in [0.3, 0.4) is 0 Å². The Balaban J connectivity index is 1.62. The molecule has 2 aliphatic rings. The molecule has 0 atom stereocenters. The van der Waals surface area contributed by atoms with Crippen LogP contribution in [0.15, 0.2) is 34.3 Å². The van der Waals surface area contributed by atoms with Crippen molar-refractivity contribution < 1.29 is 4.79 Å². The summed E-state index contributed by atoms with van der Waals surface area (Å²) in [6, 6.07) is 5.58. The highest BCUT2D eigenvalue weighted by molar-refractivity contribution is 8.16. The predicted octanol–water partition coefficient (Wildman–Crippen LogP) is 1.98. The van der Waals surface area contributed by atoms with Crippen LogP contribution in [0.2, 0.25) is 0 Å². The number of hydrogen-bond donors (Lipinski definition) is 1. The Hall–Kier alpha value is -1.82. The molecule has 19 heavy (non-hydrogen) atoms. The number of amidine groups is 1. The molecular formula is C13H14N4OS. The smallest absolute Gasteiger partial charge is 0.231 e. The lowest BCUT2D eigenvalue weighted by Crippen LogP contribution is -2.24. The number of nitrogens with one attached hydrogen (secondary N) is 1. The maximum atomic E-state index is 12.0. The van der Waals surface area contributed by atoms with Gasteiger partial charge in [0, 0.05) is 17.9 Å². The molecule has 0 spiro atoms. The van der Waals surface area contributed by atoms with Gasteiger partial charge in [-0.1, -0.05) is 17.8 Å². The first-order valence-electron chi connectivity index (χ1n) is 6.13. The van der Waals surface area contributed by atoms with Crippen molar-refractivity contribution in [2.24, 2.45) is 4.99 Å². The van der Waals surface area contributed by atoms with Gasteiger partial charge in [-0.2, -0.15) is 0 Å². The lowest BCUT2D eigenvalue weighted by Gasteiger charge is -2.15. The molecule has 5 nitrogen and oxygen atoms in total. The number of anilines is 1. The molecule has 0 fully saturated rings. The Morgan fingerprint density at radius 2 is 2.42 bits per heavy atom. The second-order valence-corrected chi connectivity index (χ2v) is 5.27. The summed E-state index contributed by atoms with van der Waals surface area (Å²) in [5, 5.41) is 5.83. The number of nitrogens with zero attached hydrogens (tertiary/aromatic N) is 3. The monoisotopic (exact) mass is 274 g/mol. The Morgan fingerprint density at radius 1 is 1.53 bits per heavy atom. The van der Waals surface area contributed by atoms with Gasteiger partial charge in [0.25, 0.3) is 0 Å². The third-order valence-corrected chi connectivity index (χ3v) is 3.90. The van der Waals surface area contributed by atoms with Crippen LogP contribution in [-0.2, 0) is 4.79 Å². The van der Waals surface area contributed by atoms with E-state index in [1.807, 2.05) is 24.5 Å². The van der Waals surface area contributed by atoms with Crippen molar-refractivity contribution in [2.75, 3.05) is 18.4 Å². The fraction of sp³-hybridized carbons (Fsp3) is 0.308. The lowest BCUT2D eigenvalue weighted by atomic mass is 10.3. The average Bonchev–Trinajstić information content (AvgIpc) is 2.94. The molecule has 3 rings (SSSR count). The van der Waals surface area contributed by atoms with Gasteiger partial charge >= 0.3 is 0 Å². The molecular weight excluding hydrogens is 260 g/mol. The van der Waals surface area contributed by atoms with Crippen LogP contribution in [0.1, 0.15) is 12.1 Å². The fourth-order valence-electron chi connectivity index (χ4n) is 2.08. The molecule has 0 aromatic carbocycles. The Labute approximate surface area is 115 Å². The zero-order valence-corrected chi connectivity index (χ0v) is 11.4. The fourth-order valence-corrected chi connectivity index (χ4v) is 3.03. The van der Waals surface area contributed by atoms with E-state index in [-0.39, 0.29) is 5.91 Å².